The van der Waals surface area contributed by atoms with E-state index in [4.69, 9.17) is 5.26 Å². The molecule has 0 amide bonds. The van der Waals surface area contributed by atoms with Gasteiger partial charge in [-0.2, -0.15) is 9.65 Å². The molecule has 78 valence electrons. The van der Waals surface area contributed by atoms with Crippen LogP contribution in [0, 0.1) is 17.3 Å². The molecule has 0 unspecified atom stereocenters. The fraction of sp³-hybridized carbons (Fsp3) is 0.500. The van der Waals surface area contributed by atoms with E-state index in [0.29, 0.717) is 24.8 Å². The molecule has 0 saturated heterocycles. The van der Waals surface area contributed by atoms with Gasteiger partial charge in [-0.25, -0.2) is 9.97 Å². The monoisotopic (exact) mass is 206 g/mol. The Balaban J connectivity index is 2.13. The van der Waals surface area contributed by atoms with Crippen LogP contribution in [0.3, 0.4) is 0 Å². The van der Waals surface area contributed by atoms with E-state index in [1.807, 2.05) is 4.90 Å². The number of halogens is 1. The molecule has 1 aromatic rings. The molecule has 0 bridgehead atoms. The van der Waals surface area contributed by atoms with E-state index in [1.54, 1.807) is 0 Å². The van der Waals surface area contributed by atoms with Crippen molar-refractivity contribution in [2.75, 3.05) is 11.4 Å². The predicted octanol–water partition coefficient (Wildman–Crippen LogP) is 1.50. The Kier molecular flexibility index (Phi) is 2.77. The van der Waals surface area contributed by atoms with Crippen LogP contribution in [0.4, 0.5) is 10.2 Å². The SMILES string of the molecule is N#CCCN(c1cc(F)ncn1)C1CC1. The van der Waals surface area contributed by atoms with Crippen molar-refractivity contribution in [3.05, 3.63) is 18.3 Å². The highest BCUT2D eigenvalue weighted by atomic mass is 19.1. The van der Waals surface area contributed by atoms with E-state index in [9.17, 15) is 4.39 Å². The summed E-state index contributed by atoms with van der Waals surface area (Å²) >= 11 is 0. The lowest BCUT2D eigenvalue weighted by molar-refractivity contribution is 0.577. The van der Waals surface area contributed by atoms with Gasteiger partial charge >= 0.3 is 0 Å². The Labute approximate surface area is 87.4 Å². The van der Waals surface area contributed by atoms with Gasteiger partial charge in [0.25, 0.3) is 0 Å². The number of rotatable bonds is 4. The number of hydrogen-bond acceptors (Lipinski definition) is 4. The third-order valence-corrected chi connectivity index (χ3v) is 2.37. The Morgan fingerprint density at radius 1 is 1.53 bits per heavy atom. The van der Waals surface area contributed by atoms with E-state index in [1.165, 1.54) is 12.4 Å². The topological polar surface area (TPSA) is 52.8 Å². The minimum atomic E-state index is -0.525. The summed E-state index contributed by atoms with van der Waals surface area (Å²) in [7, 11) is 0. The first-order chi connectivity index (χ1) is 7.31. The van der Waals surface area contributed by atoms with Gasteiger partial charge in [0.2, 0.25) is 5.95 Å². The van der Waals surface area contributed by atoms with Gasteiger partial charge in [-0.05, 0) is 12.8 Å². The number of aromatic nitrogens is 2. The summed E-state index contributed by atoms with van der Waals surface area (Å²) in [5.41, 5.74) is 0. The van der Waals surface area contributed by atoms with E-state index in [0.717, 1.165) is 12.8 Å². The standard InChI is InChI=1S/C10H11FN4/c11-9-6-10(14-7-13-9)15(5-1-4-12)8-2-3-8/h6-8H,1-3,5H2. The van der Waals surface area contributed by atoms with Crippen molar-refractivity contribution < 1.29 is 4.39 Å². The molecule has 0 atom stereocenters. The van der Waals surface area contributed by atoms with Gasteiger partial charge in [0, 0.05) is 18.7 Å². The molecular formula is C10H11FN4. The molecule has 0 radical (unpaired) electrons. The fourth-order valence-electron chi connectivity index (χ4n) is 1.52. The smallest absolute Gasteiger partial charge is 0.218 e. The van der Waals surface area contributed by atoms with Crippen LogP contribution < -0.4 is 4.90 Å². The second kappa shape index (κ2) is 4.22. The summed E-state index contributed by atoms with van der Waals surface area (Å²) in [5.74, 6) is 0.0582. The highest BCUT2D eigenvalue weighted by molar-refractivity contribution is 5.40. The van der Waals surface area contributed by atoms with E-state index >= 15 is 0 Å². The lowest BCUT2D eigenvalue weighted by Gasteiger charge is -2.21. The van der Waals surface area contributed by atoms with Gasteiger partial charge in [0.05, 0.1) is 12.5 Å². The molecule has 0 N–H and O–H groups in total. The molecule has 0 aromatic carbocycles. The molecule has 4 nitrogen and oxygen atoms in total. The molecule has 1 heterocycles. The normalized spacial score (nSPS) is 14.7. The number of anilines is 1. The van der Waals surface area contributed by atoms with E-state index < -0.39 is 5.95 Å². The van der Waals surface area contributed by atoms with Crippen molar-refractivity contribution in [2.45, 2.75) is 25.3 Å². The van der Waals surface area contributed by atoms with Crippen molar-refractivity contribution in [3.63, 3.8) is 0 Å². The first kappa shape index (κ1) is 9.84. The molecule has 0 aliphatic heterocycles. The van der Waals surface area contributed by atoms with Gasteiger partial charge in [0.1, 0.15) is 12.1 Å². The maximum Gasteiger partial charge on any atom is 0.218 e. The highest BCUT2D eigenvalue weighted by Gasteiger charge is 2.29. The quantitative estimate of drug-likeness (QED) is 0.700. The molecule has 0 spiro atoms. The molecule has 5 heteroatoms. The predicted molar refractivity (Wildman–Crippen MR) is 52.6 cm³/mol. The summed E-state index contributed by atoms with van der Waals surface area (Å²) in [6.45, 7) is 0.609. The van der Waals surface area contributed by atoms with Crippen LogP contribution in [-0.4, -0.2) is 22.6 Å². The lowest BCUT2D eigenvalue weighted by Crippen LogP contribution is -2.27. The second-order valence-corrected chi connectivity index (χ2v) is 3.53. The Morgan fingerprint density at radius 2 is 2.33 bits per heavy atom. The summed E-state index contributed by atoms with van der Waals surface area (Å²) in [6, 6.07) is 3.83. The Morgan fingerprint density at radius 3 is 2.93 bits per heavy atom. The zero-order valence-electron chi connectivity index (χ0n) is 8.23. The molecule has 1 aliphatic rings. The van der Waals surface area contributed by atoms with Crippen LogP contribution in [-0.2, 0) is 0 Å². The van der Waals surface area contributed by atoms with Crippen molar-refractivity contribution in [1.82, 2.24) is 9.97 Å². The van der Waals surface area contributed by atoms with Gasteiger partial charge in [-0.1, -0.05) is 0 Å². The molecule has 1 aliphatic carbocycles. The van der Waals surface area contributed by atoms with Gasteiger partial charge < -0.3 is 4.90 Å². The summed E-state index contributed by atoms with van der Waals surface area (Å²) in [4.78, 5) is 9.41. The molecular weight excluding hydrogens is 195 g/mol. The maximum absolute atomic E-state index is 12.9. The van der Waals surface area contributed by atoms with Crippen molar-refractivity contribution >= 4 is 5.82 Å². The maximum atomic E-state index is 12.9. The fourth-order valence-corrected chi connectivity index (χ4v) is 1.52. The van der Waals surface area contributed by atoms with Crippen molar-refractivity contribution in [3.8, 4) is 6.07 Å². The second-order valence-electron chi connectivity index (χ2n) is 3.53. The van der Waals surface area contributed by atoms with E-state index in [2.05, 4.69) is 16.0 Å². The van der Waals surface area contributed by atoms with Crippen LogP contribution in [0.1, 0.15) is 19.3 Å². The van der Waals surface area contributed by atoms with Crippen LogP contribution >= 0.6 is 0 Å². The average molecular weight is 206 g/mol. The molecule has 1 aromatic heterocycles. The van der Waals surface area contributed by atoms with Crippen LogP contribution in [0.15, 0.2) is 12.4 Å². The van der Waals surface area contributed by atoms with Gasteiger partial charge in [0.15, 0.2) is 0 Å². The largest absolute Gasteiger partial charge is 0.352 e. The summed E-state index contributed by atoms with van der Waals surface area (Å²) in [6.07, 6.45) is 3.84. The first-order valence-electron chi connectivity index (χ1n) is 4.92. The van der Waals surface area contributed by atoms with Gasteiger partial charge in [-0.15, -0.1) is 0 Å². The number of hydrogen-bond donors (Lipinski definition) is 0. The van der Waals surface area contributed by atoms with Gasteiger partial charge in [-0.3, -0.25) is 0 Å². The lowest BCUT2D eigenvalue weighted by atomic mass is 10.3. The zero-order valence-corrected chi connectivity index (χ0v) is 8.23. The molecule has 1 saturated carbocycles. The Bertz CT molecular complexity index is 383. The highest BCUT2D eigenvalue weighted by Crippen LogP contribution is 2.30. The number of nitrogens with zero attached hydrogens (tertiary/aromatic N) is 4. The van der Waals surface area contributed by atoms with Crippen LogP contribution in [0.2, 0.25) is 0 Å². The minimum Gasteiger partial charge on any atom is -0.352 e. The third-order valence-electron chi connectivity index (χ3n) is 2.37. The average Bonchev–Trinajstić information content (AvgIpc) is 3.03. The van der Waals surface area contributed by atoms with Crippen molar-refractivity contribution in [2.24, 2.45) is 0 Å². The molecule has 1 fully saturated rings. The third kappa shape index (κ3) is 2.40. The summed E-state index contributed by atoms with van der Waals surface area (Å²) in [5, 5.41) is 8.54. The molecule has 15 heavy (non-hydrogen) atoms. The van der Waals surface area contributed by atoms with Crippen LogP contribution in [0.25, 0.3) is 0 Å². The van der Waals surface area contributed by atoms with Crippen LogP contribution in [0.5, 0.6) is 0 Å². The molecule has 2 rings (SSSR count). The summed E-state index contributed by atoms with van der Waals surface area (Å²) < 4.78 is 12.9. The minimum absolute atomic E-state index is 0.424. The zero-order chi connectivity index (χ0) is 10.7. The number of nitriles is 1. The first-order valence-corrected chi connectivity index (χ1v) is 4.92. The van der Waals surface area contributed by atoms with Crippen molar-refractivity contribution in [1.29, 1.82) is 5.26 Å². The Hall–Kier alpha value is -1.70. The van der Waals surface area contributed by atoms with E-state index in [-0.39, 0.29) is 0 Å².